The maximum Gasteiger partial charge on any atom is 0.256 e. The van der Waals surface area contributed by atoms with Gasteiger partial charge >= 0.3 is 0 Å². The Morgan fingerprint density at radius 3 is 2.47 bits per heavy atom. The van der Waals surface area contributed by atoms with Gasteiger partial charge in [0.25, 0.3) is 5.91 Å². The number of nitrogens with one attached hydrogen (secondary N) is 1. The molecule has 0 saturated carbocycles. The van der Waals surface area contributed by atoms with Crippen molar-refractivity contribution < 1.29 is 4.79 Å². The molecule has 0 radical (unpaired) electrons. The Morgan fingerprint density at radius 1 is 1.00 bits per heavy atom. The van der Waals surface area contributed by atoms with E-state index in [1.54, 1.807) is 11.3 Å². The molecule has 7 heteroatoms. The van der Waals surface area contributed by atoms with Crippen LogP contribution in [-0.4, -0.2) is 53.3 Å². The number of nitrogens with zero attached hydrogens (tertiary/aromatic N) is 4. The second-order valence-electron chi connectivity index (χ2n) is 8.05. The van der Waals surface area contributed by atoms with Crippen LogP contribution in [0.3, 0.4) is 0 Å². The number of piperazine rings is 1. The SMILES string of the molecule is CCN1CCN(c2ccc(C(=O)Nc3nn(Cc4ccccc4)c4sccc34)cc2)CC1. The molecule has 6 nitrogen and oxygen atoms in total. The van der Waals surface area contributed by atoms with Gasteiger partial charge in [-0.3, -0.25) is 4.79 Å². The third-order valence-electron chi connectivity index (χ3n) is 6.08. The molecule has 1 saturated heterocycles. The van der Waals surface area contributed by atoms with Crippen LogP contribution in [0.25, 0.3) is 10.2 Å². The van der Waals surface area contributed by atoms with Gasteiger partial charge in [0.1, 0.15) is 4.83 Å². The van der Waals surface area contributed by atoms with E-state index in [4.69, 9.17) is 5.10 Å². The van der Waals surface area contributed by atoms with Crippen molar-refractivity contribution in [3.05, 3.63) is 77.2 Å². The summed E-state index contributed by atoms with van der Waals surface area (Å²) in [6, 6.07) is 20.2. The van der Waals surface area contributed by atoms with E-state index in [0.717, 1.165) is 42.9 Å². The highest BCUT2D eigenvalue weighted by molar-refractivity contribution is 7.16. The minimum absolute atomic E-state index is 0.134. The first-order valence-corrected chi connectivity index (χ1v) is 12.0. The van der Waals surface area contributed by atoms with E-state index in [2.05, 4.69) is 34.2 Å². The van der Waals surface area contributed by atoms with E-state index < -0.39 is 0 Å². The molecule has 0 atom stereocenters. The summed E-state index contributed by atoms with van der Waals surface area (Å²) in [5.41, 5.74) is 2.99. The minimum atomic E-state index is -0.134. The Labute approximate surface area is 192 Å². The Morgan fingerprint density at radius 2 is 1.75 bits per heavy atom. The fraction of sp³-hybridized carbons (Fsp3) is 0.280. The molecule has 5 rings (SSSR count). The molecule has 1 amide bonds. The lowest BCUT2D eigenvalue weighted by molar-refractivity contribution is 0.102. The number of hydrogen-bond donors (Lipinski definition) is 1. The number of thiophene rings is 1. The van der Waals surface area contributed by atoms with Crippen LogP contribution in [0, 0.1) is 0 Å². The lowest BCUT2D eigenvalue weighted by atomic mass is 10.1. The van der Waals surface area contributed by atoms with E-state index in [-0.39, 0.29) is 5.91 Å². The van der Waals surface area contributed by atoms with E-state index in [1.165, 1.54) is 11.3 Å². The molecule has 3 heterocycles. The maximum absolute atomic E-state index is 12.9. The molecule has 0 aliphatic carbocycles. The van der Waals surface area contributed by atoms with Crippen LogP contribution in [-0.2, 0) is 6.54 Å². The van der Waals surface area contributed by atoms with Gasteiger partial charge in [-0.25, -0.2) is 4.68 Å². The Kier molecular flexibility index (Phi) is 5.92. The number of likely N-dealkylation sites (N-methyl/N-ethyl adjacent to an activating group) is 1. The van der Waals surface area contributed by atoms with Gasteiger partial charge < -0.3 is 15.1 Å². The molecular weight excluding hydrogens is 418 g/mol. The Hall–Kier alpha value is -3.16. The van der Waals surface area contributed by atoms with Crippen LogP contribution >= 0.6 is 11.3 Å². The number of benzene rings is 2. The van der Waals surface area contributed by atoms with Crippen molar-refractivity contribution in [2.75, 3.05) is 42.9 Å². The first-order chi connectivity index (χ1) is 15.7. The van der Waals surface area contributed by atoms with Gasteiger partial charge in [0, 0.05) is 37.4 Å². The van der Waals surface area contributed by atoms with E-state index in [0.29, 0.717) is 17.9 Å². The van der Waals surface area contributed by atoms with Crippen molar-refractivity contribution in [2.24, 2.45) is 0 Å². The van der Waals surface area contributed by atoms with Crippen molar-refractivity contribution in [3.63, 3.8) is 0 Å². The third-order valence-corrected chi connectivity index (χ3v) is 7.00. The summed E-state index contributed by atoms with van der Waals surface area (Å²) in [5.74, 6) is 0.478. The topological polar surface area (TPSA) is 53.4 Å². The van der Waals surface area contributed by atoms with Gasteiger partial charge in [0.15, 0.2) is 5.82 Å². The van der Waals surface area contributed by atoms with Crippen molar-refractivity contribution in [1.82, 2.24) is 14.7 Å². The summed E-state index contributed by atoms with van der Waals surface area (Å²) in [7, 11) is 0. The van der Waals surface area contributed by atoms with E-state index in [1.807, 2.05) is 58.6 Å². The monoisotopic (exact) mass is 445 g/mol. The zero-order valence-electron chi connectivity index (χ0n) is 18.2. The fourth-order valence-electron chi connectivity index (χ4n) is 4.18. The summed E-state index contributed by atoms with van der Waals surface area (Å²) >= 11 is 1.64. The van der Waals surface area contributed by atoms with Crippen molar-refractivity contribution in [2.45, 2.75) is 13.5 Å². The number of anilines is 2. The van der Waals surface area contributed by atoms with Crippen LogP contribution in [0.5, 0.6) is 0 Å². The van der Waals surface area contributed by atoms with Crippen LogP contribution in [0.4, 0.5) is 11.5 Å². The van der Waals surface area contributed by atoms with Crippen LogP contribution < -0.4 is 10.2 Å². The van der Waals surface area contributed by atoms with Crippen LogP contribution in [0.15, 0.2) is 66.0 Å². The number of hydrogen-bond acceptors (Lipinski definition) is 5. The molecule has 2 aromatic heterocycles. The number of carbonyl (C=O) groups is 1. The summed E-state index contributed by atoms with van der Waals surface area (Å²) in [5, 5.41) is 10.7. The fourth-order valence-corrected chi connectivity index (χ4v) is 5.03. The van der Waals surface area contributed by atoms with Gasteiger partial charge in [-0.15, -0.1) is 11.3 Å². The summed E-state index contributed by atoms with van der Waals surface area (Å²) in [6.45, 7) is 8.20. The predicted octanol–water partition coefficient (Wildman–Crippen LogP) is 4.54. The van der Waals surface area contributed by atoms with Crippen LogP contribution in [0.2, 0.25) is 0 Å². The highest BCUT2D eigenvalue weighted by Crippen LogP contribution is 2.29. The molecule has 0 unspecified atom stereocenters. The third kappa shape index (κ3) is 4.26. The molecule has 32 heavy (non-hydrogen) atoms. The molecular formula is C25H27N5OS. The van der Waals surface area contributed by atoms with Gasteiger partial charge in [0.2, 0.25) is 0 Å². The highest BCUT2D eigenvalue weighted by Gasteiger charge is 2.18. The molecule has 4 aromatic rings. The normalized spacial score (nSPS) is 14.7. The molecule has 1 fully saturated rings. The second kappa shape index (κ2) is 9.14. The molecule has 1 aliphatic heterocycles. The van der Waals surface area contributed by atoms with Crippen LogP contribution in [0.1, 0.15) is 22.8 Å². The summed E-state index contributed by atoms with van der Waals surface area (Å²) in [4.78, 5) is 18.8. The summed E-state index contributed by atoms with van der Waals surface area (Å²) < 4.78 is 1.96. The molecule has 0 bridgehead atoms. The zero-order chi connectivity index (χ0) is 21.9. The quantitative estimate of drug-likeness (QED) is 0.473. The lowest BCUT2D eigenvalue weighted by Gasteiger charge is -2.35. The number of rotatable bonds is 6. The number of fused-ring (bicyclic) bond motifs is 1. The molecule has 1 aliphatic rings. The lowest BCUT2D eigenvalue weighted by Crippen LogP contribution is -2.46. The highest BCUT2D eigenvalue weighted by atomic mass is 32.1. The molecule has 0 spiro atoms. The molecule has 164 valence electrons. The average Bonchev–Trinajstić information content (AvgIpc) is 3.45. The molecule has 1 N–H and O–H groups in total. The first-order valence-electron chi connectivity index (χ1n) is 11.1. The first kappa shape index (κ1) is 20.7. The van der Waals surface area contributed by atoms with E-state index >= 15 is 0 Å². The Bertz CT molecular complexity index is 1190. The Balaban J connectivity index is 1.29. The van der Waals surface area contributed by atoms with E-state index in [9.17, 15) is 4.79 Å². The average molecular weight is 446 g/mol. The van der Waals surface area contributed by atoms with Gasteiger partial charge in [0.05, 0.1) is 11.9 Å². The van der Waals surface area contributed by atoms with Gasteiger partial charge in [-0.1, -0.05) is 37.3 Å². The largest absolute Gasteiger partial charge is 0.369 e. The standard InChI is InChI=1S/C25H27N5OS/c1-2-28-13-15-29(16-14-28)21-10-8-20(9-11-21)24(31)26-23-22-12-17-32-25(22)30(27-23)18-19-6-4-3-5-7-19/h3-12,17H,2,13-16,18H2,1H3,(H,26,27,31). The zero-order valence-corrected chi connectivity index (χ0v) is 19.0. The smallest absolute Gasteiger partial charge is 0.256 e. The summed E-state index contributed by atoms with van der Waals surface area (Å²) in [6.07, 6.45) is 0. The van der Waals surface area contributed by atoms with Gasteiger partial charge in [-0.05, 0) is 47.8 Å². The molecule has 2 aromatic carbocycles. The minimum Gasteiger partial charge on any atom is -0.369 e. The van der Waals surface area contributed by atoms with Gasteiger partial charge in [-0.2, -0.15) is 5.10 Å². The number of amides is 1. The number of carbonyl (C=O) groups excluding carboxylic acids is 1. The predicted molar refractivity (Wildman–Crippen MR) is 132 cm³/mol. The second-order valence-corrected chi connectivity index (χ2v) is 8.95. The maximum atomic E-state index is 12.9. The van der Waals surface area contributed by atoms with Crippen molar-refractivity contribution in [1.29, 1.82) is 0 Å². The van der Waals surface area contributed by atoms with Crippen molar-refractivity contribution >= 4 is 39.0 Å². The number of aromatic nitrogens is 2. The van der Waals surface area contributed by atoms with Crippen molar-refractivity contribution in [3.8, 4) is 0 Å².